The Morgan fingerprint density at radius 3 is 2.77 bits per heavy atom. The van der Waals surface area contributed by atoms with Crippen LogP contribution in [0.5, 0.6) is 0 Å². The molecule has 3 amide bonds. The molecule has 0 spiro atoms. The third-order valence-electron chi connectivity index (χ3n) is 3.69. The van der Waals surface area contributed by atoms with Crippen molar-refractivity contribution in [2.24, 2.45) is 7.05 Å². The molecule has 1 N–H and O–H groups in total. The molecule has 0 bridgehead atoms. The fourth-order valence-electron chi connectivity index (χ4n) is 2.60. The maximum Gasteiger partial charge on any atom is 0.329 e. The molecular formula is C15H15FN4O2. The first-order chi connectivity index (χ1) is 10.4. The van der Waals surface area contributed by atoms with Gasteiger partial charge in [0.25, 0.3) is 0 Å². The van der Waals surface area contributed by atoms with Crippen molar-refractivity contribution in [1.82, 2.24) is 15.1 Å². The predicted molar refractivity (Wildman–Crippen MR) is 80.9 cm³/mol. The van der Waals surface area contributed by atoms with Gasteiger partial charge in [-0.15, -0.1) is 0 Å². The summed E-state index contributed by atoms with van der Waals surface area (Å²) in [5.74, 6) is -0.397. The van der Waals surface area contributed by atoms with Gasteiger partial charge in [0.1, 0.15) is 5.52 Å². The highest BCUT2D eigenvalue weighted by molar-refractivity contribution is 6.09. The zero-order chi connectivity index (χ0) is 16.0. The second kappa shape index (κ2) is 4.94. The second-order valence-electron chi connectivity index (χ2n) is 5.31. The number of aromatic nitrogens is 2. The van der Waals surface area contributed by atoms with Crippen LogP contribution < -0.4 is 10.2 Å². The molecule has 1 fully saturated rings. The molecule has 0 aliphatic carbocycles. The fourth-order valence-corrected chi connectivity index (χ4v) is 2.60. The minimum absolute atomic E-state index is 0.191. The monoisotopic (exact) mass is 302 g/mol. The molecule has 0 saturated carbocycles. The van der Waals surface area contributed by atoms with E-state index in [1.54, 1.807) is 26.1 Å². The van der Waals surface area contributed by atoms with Gasteiger partial charge in [0.05, 0.1) is 0 Å². The molecule has 1 aromatic heterocycles. The number of hydrogen-bond donors (Lipinski definition) is 1. The molecule has 0 radical (unpaired) electrons. The van der Waals surface area contributed by atoms with Gasteiger partial charge < -0.3 is 0 Å². The highest BCUT2D eigenvalue weighted by atomic mass is 19.1. The summed E-state index contributed by atoms with van der Waals surface area (Å²) >= 11 is 0. The number of carbonyl (C=O) groups is 2. The smallest absolute Gasteiger partial charge is 0.278 e. The predicted octanol–water partition coefficient (Wildman–Crippen LogP) is 2.19. The number of fused-ring (bicyclic) bond motifs is 1. The van der Waals surface area contributed by atoms with Crippen molar-refractivity contribution in [2.75, 3.05) is 11.4 Å². The molecule has 3 rings (SSSR count). The molecule has 0 unspecified atom stereocenters. The van der Waals surface area contributed by atoms with Crippen molar-refractivity contribution < 1.29 is 14.0 Å². The fraction of sp³-hybridized carbons (Fsp3) is 0.267. The van der Waals surface area contributed by atoms with E-state index in [2.05, 4.69) is 17.0 Å². The van der Waals surface area contributed by atoms with Crippen molar-refractivity contribution >= 4 is 34.2 Å². The van der Waals surface area contributed by atoms with Crippen molar-refractivity contribution in [1.29, 1.82) is 0 Å². The summed E-state index contributed by atoms with van der Waals surface area (Å²) in [6.45, 7) is 5.71. The second-order valence-corrected chi connectivity index (χ2v) is 5.31. The number of allylic oxidation sites excluding steroid dienone is 1. The third-order valence-corrected chi connectivity index (χ3v) is 3.69. The topological polar surface area (TPSA) is 67.2 Å². The summed E-state index contributed by atoms with van der Waals surface area (Å²) in [4.78, 5) is 24.5. The van der Waals surface area contributed by atoms with Crippen LogP contribution in [-0.2, 0) is 11.8 Å². The molecular weight excluding hydrogens is 287 g/mol. The lowest BCUT2D eigenvalue weighted by molar-refractivity contribution is -0.120. The van der Waals surface area contributed by atoms with Crippen molar-refractivity contribution in [3.63, 3.8) is 0 Å². The number of benzene rings is 1. The number of halogens is 1. The Balaban J connectivity index is 2.17. The quantitative estimate of drug-likeness (QED) is 0.924. The SMILES string of the molecule is C=C(C)c1ccc2c(N3CCC(=O)NC3=O)nn(C)c2c1F. The highest BCUT2D eigenvalue weighted by Crippen LogP contribution is 2.31. The molecule has 2 heterocycles. The van der Waals surface area contributed by atoms with Crippen LogP contribution in [0, 0.1) is 5.82 Å². The van der Waals surface area contributed by atoms with E-state index in [9.17, 15) is 14.0 Å². The number of anilines is 1. The zero-order valence-corrected chi connectivity index (χ0v) is 12.3. The minimum Gasteiger partial charge on any atom is -0.278 e. The van der Waals surface area contributed by atoms with E-state index < -0.39 is 11.8 Å². The van der Waals surface area contributed by atoms with Crippen LogP contribution in [0.2, 0.25) is 0 Å². The Kier molecular flexibility index (Phi) is 3.20. The van der Waals surface area contributed by atoms with E-state index in [0.717, 1.165) is 0 Å². The Labute approximate surface area is 126 Å². The number of urea groups is 1. The number of hydrogen-bond acceptors (Lipinski definition) is 3. The van der Waals surface area contributed by atoms with E-state index in [1.807, 2.05) is 0 Å². The highest BCUT2D eigenvalue weighted by Gasteiger charge is 2.29. The molecule has 1 aliphatic rings. The summed E-state index contributed by atoms with van der Waals surface area (Å²) < 4.78 is 16.0. The van der Waals surface area contributed by atoms with Crippen LogP contribution in [0.25, 0.3) is 16.5 Å². The first-order valence-corrected chi connectivity index (χ1v) is 6.82. The van der Waals surface area contributed by atoms with Crippen LogP contribution >= 0.6 is 0 Å². The molecule has 1 aliphatic heterocycles. The van der Waals surface area contributed by atoms with Crippen molar-refractivity contribution in [3.05, 3.63) is 30.1 Å². The Hall–Kier alpha value is -2.70. The van der Waals surface area contributed by atoms with Crippen molar-refractivity contribution in [3.8, 4) is 0 Å². The molecule has 0 atom stereocenters. The molecule has 22 heavy (non-hydrogen) atoms. The Morgan fingerprint density at radius 2 is 2.14 bits per heavy atom. The summed E-state index contributed by atoms with van der Waals surface area (Å²) in [6.07, 6.45) is 0.191. The third kappa shape index (κ3) is 2.05. The van der Waals surface area contributed by atoms with Gasteiger partial charge in [0.15, 0.2) is 11.6 Å². The van der Waals surface area contributed by atoms with E-state index in [4.69, 9.17) is 0 Å². The van der Waals surface area contributed by atoms with Crippen LogP contribution in [-0.4, -0.2) is 28.3 Å². The number of carbonyl (C=O) groups excluding carboxylic acids is 2. The number of rotatable bonds is 2. The standard InChI is InChI=1S/C15H15FN4O2/c1-8(2)9-4-5-10-13(12(9)16)19(3)18-14(10)20-7-6-11(21)17-15(20)22/h4-5H,1,6-7H2,2-3H3,(H,17,21,22). The van der Waals surface area contributed by atoms with Crippen LogP contribution in [0.15, 0.2) is 18.7 Å². The molecule has 7 heteroatoms. The molecule has 6 nitrogen and oxygen atoms in total. The van der Waals surface area contributed by atoms with Gasteiger partial charge in [-0.05, 0) is 18.6 Å². The van der Waals surface area contributed by atoms with Gasteiger partial charge in [-0.1, -0.05) is 12.6 Å². The van der Waals surface area contributed by atoms with E-state index >= 15 is 0 Å². The molecule has 114 valence electrons. The summed E-state index contributed by atoms with van der Waals surface area (Å²) in [5, 5.41) is 7.01. The maximum atomic E-state index is 14.6. The first-order valence-electron chi connectivity index (χ1n) is 6.82. The zero-order valence-electron chi connectivity index (χ0n) is 12.3. The summed E-state index contributed by atoms with van der Waals surface area (Å²) in [6, 6.07) is 2.80. The number of nitrogens with zero attached hydrogens (tertiary/aromatic N) is 3. The number of aryl methyl sites for hydroxylation is 1. The lowest BCUT2D eigenvalue weighted by Gasteiger charge is -2.24. The number of imide groups is 1. The summed E-state index contributed by atoms with van der Waals surface area (Å²) in [5.41, 5.74) is 1.34. The van der Waals surface area contributed by atoms with Gasteiger partial charge >= 0.3 is 6.03 Å². The van der Waals surface area contributed by atoms with Crippen molar-refractivity contribution in [2.45, 2.75) is 13.3 Å². The first kappa shape index (κ1) is 14.2. The molecule has 1 aromatic carbocycles. The van der Waals surface area contributed by atoms with Crippen LogP contribution in [0.3, 0.4) is 0 Å². The average molecular weight is 302 g/mol. The van der Waals surface area contributed by atoms with Gasteiger partial charge in [-0.2, -0.15) is 5.10 Å². The van der Waals surface area contributed by atoms with E-state index in [1.165, 1.54) is 9.58 Å². The number of amides is 3. The normalized spacial score (nSPS) is 15.3. The van der Waals surface area contributed by atoms with Crippen LogP contribution in [0.1, 0.15) is 18.9 Å². The van der Waals surface area contributed by atoms with Gasteiger partial charge in [-0.25, -0.2) is 9.18 Å². The average Bonchev–Trinajstić information content (AvgIpc) is 2.76. The lowest BCUT2D eigenvalue weighted by Crippen LogP contribution is -2.49. The van der Waals surface area contributed by atoms with Gasteiger partial charge in [-0.3, -0.25) is 19.7 Å². The maximum absolute atomic E-state index is 14.6. The Bertz CT molecular complexity index is 825. The van der Waals surface area contributed by atoms with E-state index in [0.29, 0.717) is 27.9 Å². The van der Waals surface area contributed by atoms with Crippen LogP contribution in [0.4, 0.5) is 15.0 Å². The van der Waals surface area contributed by atoms with Gasteiger partial charge in [0, 0.05) is 31.0 Å². The lowest BCUT2D eigenvalue weighted by atomic mass is 10.1. The van der Waals surface area contributed by atoms with E-state index in [-0.39, 0.29) is 18.9 Å². The number of nitrogens with one attached hydrogen (secondary N) is 1. The van der Waals surface area contributed by atoms with Gasteiger partial charge in [0.2, 0.25) is 5.91 Å². The molecule has 1 saturated heterocycles. The largest absolute Gasteiger partial charge is 0.329 e. The Morgan fingerprint density at radius 1 is 1.41 bits per heavy atom. The molecule has 2 aromatic rings. The minimum atomic E-state index is -0.541. The summed E-state index contributed by atoms with van der Waals surface area (Å²) in [7, 11) is 1.62.